The highest BCUT2D eigenvalue weighted by molar-refractivity contribution is 5.75. The Morgan fingerprint density at radius 1 is 0.507 bits per heavy atom. The predicted molar refractivity (Wildman–Crippen MR) is 263 cm³/mol. The summed E-state index contributed by atoms with van der Waals surface area (Å²) in [5, 5.41) is 19.8. The number of nitrogens with zero attached hydrogens (tertiary/aromatic N) is 2. The number of aliphatic carboxylic acids is 1. The van der Waals surface area contributed by atoms with Gasteiger partial charge < -0.3 is 26.4 Å². The number of benzene rings is 4. The lowest BCUT2D eigenvalue weighted by molar-refractivity contribution is -0.192. The van der Waals surface area contributed by atoms with Gasteiger partial charge in [0.2, 0.25) is 0 Å². The predicted octanol–water partition coefficient (Wildman–Crippen LogP) is 11.8. The maximum atomic E-state index is 12.8. The van der Waals surface area contributed by atoms with E-state index in [-0.39, 0.29) is 24.1 Å². The van der Waals surface area contributed by atoms with E-state index < -0.39 is 12.1 Å². The van der Waals surface area contributed by atoms with Crippen molar-refractivity contribution in [1.82, 2.24) is 31.1 Å². The minimum absolute atomic E-state index is 0.0670. The molecule has 4 aromatic carbocycles. The third kappa shape index (κ3) is 12.0. The third-order valence-electron chi connectivity index (χ3n) is 16.0. The second-order valence-electron chi connectivity index (χ2n) is 20.2. The third-order valence-corrected chi connectivity index (χ3v) is 16.0. The van der Waals surface area contributed by atoms with E-state index in [1.165, 1.54) is 77.3 Å². The number of fused-ring (bicyclic) bond motifs is 10. The van der Waals surface area contributed by atoms with Crippen molar-refractivity contribution >= 4 is 30.2 Å². The smallest absolute Gasteiger partial charge is 0.475 e. The standard InChI is InChI=1S/C54H66N6O2.C2HF3O2/c61-53(57-43-23-19-39(20-24-43)31-33-59-49-27-28-50(59)46-6-2-1-5-45(46)49)55-35-41-15-11-37(12-16-41)9-10-38-13-17-42(18-14-38)36-56-54(62)58-44-25-21-40(22-26-44)32-34-60-51-29-30-52(60)48-8-4-3-7-47(48)51;3-2(4,5)1(6)7/h1-18,39-40,43-44,49-52H,19-36H2,(H2,55,57,61)(H2,56,58,62);(H,6,7)/b10-9+;/t39?,40?,43?,44?,49-,50+,51-,52+;. The van der Waals surface area contributed by atoms with E-state index in [9.17, 15) is 22.8 Å². The number of urea groups is 2. The molecule has 10 nitrogen and oxygen atoms in total. The van der Waals surface area contributed by atoms with Crippen molar-refractivity contribution in [2.45, 2.75) is 145 Å². The van der Waals surface area contributed by atoms with Gasteiger partial charge >= 0.3 is 24.2 Å². The molecule has 0 aromatic heterocycles. The normalized spacial score (nSPS) is 25.9. The summed E-state index contributed by atoms with van der Waals surface area (Å²) in [7, 11) is 0. The zero-order valence-electron chi connectivity index (χ0n) is 39.4. The lowest BCUT2D eigenvalue weighted by atomic mass is 9.84. The van der Waals surface area contributed by atoms with Gasteiger partial charge in [-0.2, -0.15) is 13.2 Å². The maximum Gasteiger partial charge on any atom is 0.490 e. The van der Waals surface area contributed by atoms with Gasteiger partial charge in [0.05, 0.1) is 0 Å². The number of hydrogen-bond acceptors (Lipinski definition) is 5. The lowest BCUT2D eigenvalue weighted by Gasteiger charge is -2.31. The number of rotatable bonds is 14. The molecule has 4 heterocycles. The van der Waals surface area contributed by atoms with Gasteiger partial charge in [0.15, 0.2) is 0 Å². The van der Waals surface area contributed by atoms with E-state index in [2.05, 4.69) is 140 Å². The Morgan fingerprint density at radius 3 is 1.13 bits per heavy atom. The lowest BCUT2D eigenvalue weighted by Crippen LogP contribution is -2.43. The van der Waals surface area contributed by atoms with Crippen LogP contribution in [0.4, 0.5) is 22.8 Å². The molecule has 366 valence electrons. The molecule has 4 aliphatic heterocycles. The monoisotopic (exact) mass is 945 g/mol. The van der Waals surface area contributed by atoms with Gasteiger partial charge in [0.1, 0.15) is 0 Å². The zero-order chi connectivity index (χ0) is 47.9. The largest absolute Gasteiger partial charge is 0.490 e. The van der Waals surface area contributed by atoms with Gasteiger partial charge in [-0.05, 0) is 159 Å². The SMILES string of the molecule is O=C(NCc1ccc(/C=C/c2ccc(CNC(=O)NC3CCC(CCN4[C@@H]5CC[C@H]4c4ccccc45)CC3)cc2)cc1)NC1CCC(CCN2[C@@H]3CC[C@H]2c2ccccc23)CC1.O=C(O)C(F)(F)F. The molecule has 0 radical (unpaired) electrons. The Bertz CT molecular complexity index is 2190. The van der Waals surface area contributed by atoms with E-state index in [4.69, 9.17) is 9.90 Å². The first kappa shape index (κ1) is 48.4. The summed E-state index contributed by atoms with van der Waals surface area (Å²) in [6.45, 7) is 3.42. The number of amides is 4. The molecule has 4 amide bonds. The molecule has 2 aliphatic carbocycles. The highest BCUT2D eigenvalue weighted by Gasteiger charge is 2.44. The van der Waals surface area contributed by atoms with Gasteiger partial charge in [-0.3, -0.25) is 9.80 Å². The summed E-state index contributed by atoms with van der Waals surface area (Å²) in [5.41, 5.74) is 10.7. The Balaban J connectivity index is 0.000000788. The molecule has 4 bridgehead atoms. The zero-order valence-corrected chi connectivity index (χ0v) is 39.4. The van der Waals surface area contributed by atoms with Crippen LogP contribution in [0.1, 0.15) is 159 Å². The van der Waals surface area contributed by atoms with Crippen molar-refractivity contribution in [1.29, 1.82) is 0 Å². The first-order chi connectivity index (χ1) is 33.4. The molecule has 10 rings (SSSR count). The van der Waals surface area contributed by atoms with Crippen molar-refractivity contribution in [3.63, 3.8) is 0 Å². The van der Waals surface area contributed by atoms with Gasteiger partial charge in [-0.15, -0.1) is 0 Å². The fourth-order valence-corrected chi connectivity index (χ4v) is 12.3. The fraction of sp³-hybridized carbons (Fsp3) is 0.482. The molecule has 0 unspecified atom stereocenters. The maximum absolute atomic E-state index is 12.8. The second-order valence-corrected chi connectivity index (χ2v) is 20.2. The van der Waals surface area contributed by atoms with E-state index in [1.54, 1.807) is 22.3 Å². The summed E-state index contributed by atoms with van der Waals surface area (Å²) in [4.78, 5) is 40.0. The molecule has 0 spiro atoms. The molecule has 6 aliphatic rings. The molecule has 5 N–H and O–H groups in total. The van der Waals surface area contributed by atoms with Crippen LogP contribution in [0.2, 0.25) is 0 Å². The van der Waals surface area contributed by atoms with Gasteiger partial charge in [0.25, 0.3) is 0 Å². The molecule has 4 aromatic rings. The van der Waals surface area contributed by atoms with Gasteiger partial charge in [-0.1, -0.05) is 109 Å². The summed E-state index contributed by atoms with van der Waals surface area (Å²) in [6, 6.07) is 37.8. The average Bonchev–Trinajstić information content (AvgIpc) is 4.13. The Hall–Kier alpha value is -5.66. The first-order valence-corrected chi connectivity index (χ1v) is 25.4. The van der Waals surface area contributed by atoms with Gasteiger partial charge in [0, 0.05) is 49.3 Å². The topological polar surface area (TPSA) is 126 Å². The fourth-order valence-electron chi connectivity index (χ4n) is 12.3. The minimum atomic E-state index is -5.08. The molecule has 4 atom stereocenters. The number of carbonyl (C=O) groups is 3. The quantitative estimate of drug-likeness (QED) is 0.0802. The van der Waals surface area contributed by atoms with Crippen LogP contribution in [0.3, 0.4) is 0 Å². The number of halogens is 3. The van der Waals surface area contributed by atoms with E-state index in [0.717, 1.165) is 59.8 Å². The molecule has 13 heteroatoms. The van der Waals surface area contributed by atoms with Crippen LogP contribution in [0.15, 0.2) is 97.1 Å². The van der Waals surface area contributed by atoms with Crippen LogP contribution in [-0.4, -0.2) is 64.3 Å². The highest BCUT2D eigenvalue weighted by Crippen LogP contribution is 2.54. The molecular formula is C56H67F3N6O4. The Kier molecular flexibility index (Phi) is 15.4. The summed E-state index contributed by atoms with van der Waals surface area (Å²) in [6.07, 6.45) is 16.0. The Labute approximate surface area is 404 Å². The molecular weight excluding hydrogens is 878 g/mol. The number of carbonyl (C=O) groups excluding carboxylic acids is 2. The molecule has 4 fully saturated rings. The highest BCUT2D eigenvalue weighted by atomic mass is 19.4. The van der Waals surface area contributed by atoms with Crippen molar-refractivity contribution in [2.24, 2.45) is 11.8 Å². The summed E-state index contributed by atoms with van der Waals surface area (Å²) in [5.74, 6) is -1.23. The number of alkyl halides is 3. The number of hydrogen-bond donors (Lipinski definition) is 5. The van der Waals surface area contributed by atoms with Crippen molar-refractivity contribution in [3.05, 3.63) is 142 Å². The van der Waals surface area contributed by atoms with Crippen LogP contribution in [0.25, 0.3) is 12.2 Å². The number of carboxylic acid groups (broad SMARTS) is 1. The number of nitrogens with one attached hydrogen (secondary N) is 4. The van der Waals surface area contributed by atoms with Crippen LogP contribution >= 0.6 is 0 Å². The van der Waals surface area contributed by atoms with E-state index >= 15 is 0 Å². The second kappa shape index (κ2) is 22.0. The van der Waals surface area contributed by atoms with Crippen LogP contribution < -0.4 is 21.3 Å². The first-order valence-electron chi connectivity index (χ1n) is 25.4. The van der Waals surface area contributed by atoms with E-state index in [0.29, 0.717) is 37.3 Å². The molecule has 2 saturated carbocycles. The van der Waals surface area contributed by atoms with Crippen LogP contribution in [0.5, 0.6) is 0 Å². The minimum Gasteiger partial charge on any atom is -0.475 e. The van der Waals surface area contributed by atoms with Crippen LogP contribution in [0, 0.1) is 11.8 Å². The Morgan fingerprint density at radius 2 is 0.826 bits per heavy atom. The van der Waals surface area contributed by atoms with Crippen molar-refractivity contribution < 1.29 is 32.7 Å². The van der Waals surface area contributed by atoms with Crippen molar-refractivity contribution in [3.8, 4) is 0 Å². The van der Waals surface area contributed by atoms with Crippen molar-refractivity contribution in [2.75, 3.05) is 13.1 Å². The summed E-state index contributed by atoms with van der Waals surface area (Å²) < 4.78 is 31.7. The number of carboxylic acids is 1. The van der Waals surface area contributed by atoms with Crippen LogP contribution in [-0.2, 0) is 17.9 Å². The molecule has 69 heavy (non-hydrogen) atoms. The van der Waals surface area contributed by atoms with E-state index in [1.807, 2.05) is 0 Å². The summed E-state index contributed by atoms with van der Waals surface area (Å²) >= 11 is 0. The van der Waals surface area contributed by atoms with Gasteiger partial charge in [-0.25, -0.2) is 14.4 Å². The average molecular weight is 945 g/mol. The molecule has 2 saturated heterocycles.